The van der Waals surface area contributed by atoms with Gasteiger partial charge in [-0.15, -0.1) is 0 Å². The van der Waals surface area contributed by atoms with Crippen LogP contribution in [0.15, 0.2) is 0 Å². The van der Waals surface area contributed by atoms with Crippen molar-refractivity contribution in [1.82, 2.24) is 4.90 Å². The smallest absolute Gasteiger partial charge is 0.323 e. The van der Waals surface area contributed by atoms with Crippen LogP contribution >= 0.6 is 0 Å². The van der Waals surface area contributed by atoms with Crippen molar-refractivity contribution in [3.63, 3.8) is 0 Å². The lowest BCUT2D eigenvalue weighted by Crippen LogP contribution is -2.54. The summed E-state index contributed by atoms with van der Waals surface area (Å²) in [5, 5.41) is 9.16. The van der Waals surface area contributed by atoms with Gasteiger partial charge in [-0.05, 0) is 19.3 Å². The van der Waals surface area contributed by atoms with Gasteiger partial charge in [-0.1, -0.05) is 0 Å². The number of nitrogens with zero attached hydrogens (tertiary/aromatic N) is 1. The fourth-order valence-corrected chi connectivity index (χ4v) is 2.01. The van der Waals surface area contributed by atoms with E-state index in [0.717, 1.165) is 32.4 Å². The maximum Gasteiger partial charge on any atom is 0.323 e. The molecule has 0 aromatic carbocycles. The van der Waals surface area contributed by atoms with Crippen LogP contribution in [-0.4, -0.2) is 48.8 Å². The van der Waals surface area contributed by atoms with Gasteiger partial charge in [0.2, 0.25) is 0 Å². The number of ether oxygens (including phenoxy) is 1. The highest BCUT2D eigenvalue weighted by molar-refractivity contribution is 5.76. The van der Waals surface area contributed by atoms with Gasteiger partial charge in [-0.3, -0.25) is 9.69 Å². The van der Waals surface area contributed by atoms with E-state index in [0.29, 0.717) is 0 Å². The Kier molecular flexibility index (Phi) is 2.49. The molecule has 1 unspecified atom stereocenters. The van der Waals surface area contributed by atoms with Gasteiger partial charge in [0.05, 0.1) is 7.11 Å². The van der Waals surface area contributed by atoms with E-state index in [9.17, 15) is 4.79 Å². The van der Waals surface area contributed by atoms with Gasteiger partial charge < -0.3 is 9.84 Å². The molecule has 0 aromatic heterocycles. The Bertz CT molecular complexity index is 238. The van der Waals surface area contributed by atoms with Gasteiger partial charge in [-0.25, -0.2) is 0 Å². The van der Waals surface area contributed by atoms with E-state index in [1.54, 1.807) is 0 Å². The van der Waals surface area contributed by atoms with E-state index < -0.39 is 0 Å². The van der Waals surface area contributed by atoms with E-state index >= 15 is 0 Å². The third-order valence-electron chi connectivity index (χ3n) is 3.43. The molecule has 4 nitrogen and oxygen atoms in total. The molecule has 2 aliphatic rings. The molecule has 80 valence electrons. The first-order valence-corrected chi connectivity index (χ1v) is 5.13. The van der Waals surface area contributed by atoms with Crippen molar-refractivity contribution in [3.8, 4) is 0 Å². The van der Waals surface area contributed by atoms with Gasteiger partial charge in [0, 0.05) is 25.1 Å². The number of rotatable bonds is 4. The van der Waals surface area contributed by atoms with Crippen molar-refractivity contribution >= 4 is 5.97 Å². The zero-order valence-electron chi connectivity index (χ0n) is 8.53. The minimum Gasteiger partial charge on any atom is -0.468 e. The molecule has 1 saturated heterocycles. The Morgan fingerprint density at radius 3 is 2.71 bits per heavy atom. The summed E-state index contributed by atoms with van der Waals surface area (Å²) in [7, 11) is 1.43. The molecular formula is C10H17NO3. The molecule has 2 rings (SSSR count). The third-order valence-corrected chi connectivity index (χ3v) is 3.43. The number of likely N-dealkylation sites (tertiary alicyclic amines) is 1. The second-order valence-electron chi connectivity index (χ2n) is 4.46. The third kappa shape index (κ3) is 1.64. The molecule has 0 bridgehead atoms. The van der Waals surface area contributed by atoms with Gasteiger partial charge >= 0.3 is 5.97 Å². The highest BCUT2D eigenvalue weighted by Crippen LogP contribution is 2.46. The molecule has 1 saturated carbocycles. The molecule has 1 N–H and O–H groups in total. The Hall–Kier alpha value is -0.610. The summed E-state index contributed by atoms with van der Waals surface area (Å²) < 4.78 is 4.71. The average Bonchev–Trinajstić information content (AvgIpc) is 2.93. The lowest BCUT2D eigenvalue weighted by molar-refractivity contribution is -0.152. The van der Waals surface area contributed by atoms with Crippen LogP contribution in [-0.2, 0) is 9.53 Å². The summed E-state index contributed by atoms with van der Waals surface area (Å²) in [6.45, 7) is 2.06. The molecule has 1 atom stereocenters. The van der Waals surface area contributed by atoms with Crippen LogP contribution in [0.3, 0.4) is 0 Å². The van der Waals surface area contributed by atoms with E-state index in [2.05, 4.69) is 4.90 Å². The largest absolute Gasteiger partial charge is 0.468 e. The fraction of sp³-hybridized carbons (Fsp3) is 0.900. The molecule has 1 aliphatic carbocycles. The van der Waals surface area contributed by atoms with E-state index in [1.807, 2.05) is 0 Å². The number of carbonyl (C=O) groups excluding carboxylic acids is 1. The number of hydrogen-bond acceptors (Lipinski definition) is 4. The quantitative estimate of drug-likeness (QED) is 0.648. The van der Waals surface area contributed by atoms with Crippen LogP contribution in [0.5, 0.6) is 0 Å². The second-order valence-corrected chi connectivity index (χ2v) is 4.46. The predicted octanol–water partition coefficient (Wildman–Crippen LogP) is 0.00620. The molecule has 0 amide bonds. The number of aliphatic hydroxyl groups is 1. The SMILES string of the molecule is COC(=O)C1CCN1CC1(CO)CC1. The van der Waals surface area contributed by atoms with Crippen LogP contribution in [0.25, 0.3) is 0 Å². The first-order chi connectivity index (χ1) is 6.71. The van der Waals surface area contributed by atoms with Crippen LogP contribution < -0.4 is 0 Å². The molecule has 0 aromatic rings. The van der Waals surface area contributed by atoms with Crippen molar-refractivity contribution in [2.24, 2.45) is 5.41 Å². The van der Waals surface area contributed by atoms with Crippen molar-refractivity contribution in [3.05, 3.63) is 0 Å². The Labute approximate surface area is 83.8 Å². The Morgan fingerprint density at radius 1 is 1.64 bits per heavy atom. The van der Waals surface area contributed by atoms with Gasteiger partial charge in [0.25, 0.3) is 0 Å². The summed E-state index contributed by atoms with van der Waals surface area (Å²) in [5.41, 5.74) is 0.104. The van der Waals surface area contributed by atoms with E-state index in [4.69, 9.17) is 9.84 Å². The van der Waals surface area contributed by atoms with Crippen molar-refractivity contribution in [2.75, 3.05) is 26.8 Å². The lowest BCUT2D eigenvalue weighted by atomic mass is 9.98. The van der Waals surface area contributed by atoms with Crippen LogP contribution in [0.2, 0.25) is 0 Å². The topological polar surface area (TPSA) is 49.8 Å². The molecule has 1 heterocycles. The first-order valence-electron chi connectivity index (χ1n) is 5.13. The summed E-state index contributed by atoms with van der Waals surface area (Å²) in [6, 6.07) is -0.0518. The molecule has 14 heavy (non-hydrogen) atoms. The van der Waals surface area contributed by atoms with Crippen molar-refractivity contribution in [2.45, 2.75) is 25.3 Å². The highest BCUT2D eigenvalue weighted by Gasteiger charge is 2.47. The molecule has 4 heteroatoms. The average molecular weight is 199 g/mol. The predicted molar refractivity (Wildman–Crippen MR) is 50.7 cm³/mol. The number of aliphatic hydroxyl groups excluding tert-OH is 1. The van der Waals surface area contributed by atoms with E-state index in [-0.39, 0.29) is 24.0 Å². The molecule has 1 aliphatic heterocycles. The first kappa shape index (κ1) is 9.93. The maximum atomic E-state index is 11.3. The van der Waals surface area contributed by atoms with Gasteiger partial charge in [-0.2, -0.15) is 0 Å². The lowest BCUT2D eigenvalue weighted by Gasteiger charge is -2.40. The minimum atomic E-state index is -0.134. The van der Waals surface area contributed by atoms with Crippen molar-refractivity contribution in [1.29, 1.82) is 0 Å². The molecule has 0 spiro atoms. The fourth-order valence-electron chi connectivity index (χ4n) is 2.01. The molecule has 0 radical (unpaired) electrons. The molecular weight excluding hydrogens is 182 g/mol. The van der Waals surface area contributed by atoms with Crippen LogP contribution in [0.1, 0.15) is 19.3 Å². The van der Waals surface area contributed by atoms with Crippen molar-refractivity contribution < 1.29 is 14.6 Å². The van der Waals surface area contributed by atoms with Gasteiger partial charge in [0.15, 0.2) is 0 Å². The summed E-state index contributed by atoms with van der Waals surface area (Å²) in [4.78, 5) is 13.4. The van der Waals surface area contributed by atoms with E-state index in [1.165, 1.54) is 7.11 Å². The number of methoxy groups -OCH3 is 1. The minimum absolute atomic E-state index is 0.0518. The zero-order chi connectivity index (χ0) is 10.2. The highest BCUT2D eigenvalue weighted by atomic mass is 16.5. The summed E-state index contributed by atoms with van der Waals surface area (Å²) in [5.74, 6) is -0.134. The maximum absolute atomic E-state index is 11.3. The normalized spacial score (nSPS) is 29.4. The molecule has 2 fully saturated rings. The Morgan fingerprint density at radius 2 is 2.36 bits per heavy atom. The number of esters is 1. The number of hydrogen-bond donors (Lipinski definition) is 1. The van der Waals surface area contributed by atoms with Gasteiger partial charge in [0.1, 0.15) is 6.04 Å². The monoisotopic (exact) mass is 199 g/mol. The second kappa shape index (κ2) is 3.51. The Balaban J connectivity index is 1.85. The number of carbonyl (C=O) groups is 1. The summed E-state index contributed by atoms with van der Waals surface area (Å²) in [6.07, 6.45) is 3.08. The zero-order valence-corrected chi connectivity index (χ0v) is 8.53. The van der Waals surface area contributed by atoms with Crippen LogP contribution in [0, 0.1) is 5.41 Å². The van der Waals surface area contributed by atoms with Crippen LogP contribution in [0.4, 0.5) is 0 Å². The standard InChI is InChI=1S/C10H17NO3/c1-14-9(13)8-2-5-11(8)6-10(7-12)3-4-10/h8,12H,2-7H2,1H3. The summed E-state index contributed by atoms with van der Waals surface area (Å²) >= 11 is 0.